The lowest BCUT2D eigenvalue weighted by Crippen LogP contribution is -1.73. The van der Waals surface area contributed by atoms with Gasteiger partial charge in [-0.2, -0.15) is 0 Å². The first-order valence-corrected chi connectivity index (χ1v) is 6.62. The zero-order valence-corrected chi connectivity index (χ0v) is 9.99. The van der Waals surface area contributed by atoms with Gasteiger partial charge in [0.25, 0.3) is 0 Å². The van der Waals surface area contributed by atoms with E-state index in [9.17, 15) is 0 Å². The van der Waals surface area contributed by atoms with Gasteiger partial charge in [-0.1, -0.05) is 47.2 Å². The third-order valence-corrected chi connectivity index (χ3v) is 2.49. The van der Waals surface area contributed by atoms with Gasteiger partial charge in [0.15, 0.2) is 0 Å². The molecule has 0 aliphatic rings. The zero-order valence-electron chi connectivity index (χ0n) is 8.28. The van der Waals surface area contributed by atoms with Crippen molar-refractivity contribution in [2.75, 3.05) is 0 Å². The van der Waals surface area contributed by atoms with E-state index in [1.165, 1.54) is 5.56 Å². The fourth-order valence-corrected chi connectivity index (χ4v) is 1.75. The van der Waals surface area contributed by atoms with Gasteiger partial charge in [-0.05, 0) is 17.7 Å². The molecule has 15 heavy (non-hydrogen) atoms. The minimum absolute atomic E-state index is 0.990. The Kier molecular flexibility index (Phi) is 6.79. The Bertz CT molecular complexity index is 311. The van der Waals surface area contributed by atoms with Gasteiger partial charge in [-0.25, -0.2) is 0 Å². The molecule has 3 heteroatoms. The Morgan fingerprint density at radius 2 is 1.53 bits per heavy atom. The van der Waals surface area contributed by atoms with Crippen molar-refractivity contribution >= 4 is 22.5 Å². The molecule has 1 nitrogen and oxygen atoms in total. The van der Waals surface area contributed by atoms with Crippen LogP contribution < -0.4 is 0 Å². The van der Waals surface area contributed by atoms with Crippen molar-refractivity contribution < 1.29 is 0 Å². The van der Waals surface area contributed by atoms with E-state index in [0.717, 1.165) is 5.75 Å². The second-order valence-electron chi connectivity index (χ2n) is 2.78. The minimum Gasteiger partial charge on any atom is -0.265 e. The van der Waals surface area contributed by atoms with Crippen LogP contribution in [-0.2, 0) is 5.75 Å². The maximum absolute atomic E-state index is 4.05. The fourth-order valence-electron chi connectivity index (χ4n) is 0.961. The van der Waals surface area contributed by atoms with Gasteiger partial charge >= 0.3 is 0 Å². The Morgan fingerprint density at radius 1 is 0.933 bits per heavy atom. The lowest BCUT2D eigenvalue weighted by atomic mass is 10.2. The topological polar surface area (TPSA) is 12.9 Å². The molecule has 0 saturated heterocycles. The lowest BCUT2D eigenvalue weighted by Gasteiger charge is -1.92. The summed E-state index contributed by atoms with van der Waals surface area (Å²) in [6.45, 7) is 0. The maximum Gasteiger partial charge on any atom is 0.0286 e. The van der Waals surface area contributed by atoms with Crippen molar-refractivity contribution in [3.8, 4) is 0 Å². The molecule has 0 bridgehead atoms. The van der Waals surface area contributed by atoms with Crippen LogP contribution in [0.15, 0.2) is 60.9 Å². The van der Waals surface area contributed by atoms with Crippen LogP contribution in [0.3, 0.4) is 0 Å². The predicted molar refractivity (Wildman–Crippen MR) is 71.0 cm³/mol. The first-order chi connectivity index (χ1) is 7.43. The van der Waals surface area contributed by atoms with Crippen molar-refractivity contribution in [2.24, 2.45) is 0 Å². The molecule has 78 valence electrons. The van der Waals surface area contributed by atoms with Crippen molar-refractivity contribution in [1.82, 2.24) is 4.98 Å². The molecular formula is C12H13NS2. The number of rotatable bonds is 2. The van der Waals surface area contributed by atoms with Crippen molar-refractivity contribution in [3.63, 3.8) is 0 Å². The SMILES string of the molecule is SSCc1ccccc1.c1ccncc1. The highest BCUT2D eigenvalue weighted by Gasteiger charge is 1.85. The highest BCUT2D eigenvalue weighted by molar-refractivity contribution is 8.68. The first-order valence-electron chi connectivity index (χ1n) is 4.59. The molecule has 1 heterocycles. The molecule has 0 atom stereocenters. The van der Waals surface area contributed by atoms with Gasteiger partial charge in [-0.15, -0.1) is 11.7 Å². The highest BCUT2D eigenvalue weighted by Crippen LogP contribution is 2.13. The Morgan fingerprint density at radius 3 is 1.93 bits per heavy atom. The number of benzene rings is 1. The second kappa shape index (κ2) is 8.38. The van der Waals surface area contributed by atoms with E-state index in [0.29, 0.717) is 0 Å². The summed E-state index contributed by atoms with van der Waals surface area (Å²) in [4.78, 5) is 3.78. The van der Waals surface area contributed by atoms with Crippen molar-refractivity contribution in [2.45, 2.75) is 5.75 Å². The normalized spacial score (nSPS) is 8.87. The highest BCUT2D eigenvalue weighted by atomic mass is 33.1. The van der Waals surface area contributed by atoms with Crippen molar-refractivity contribution in [1.29, 1.82) is 0 Å². The number of nitrogens with zero attached hydrogens (tertiary/aromatic N) is 1. The number of hydrogen-bond acceptors (Lipinski definition) is 3. The quantitative estimate of drug-likeness (QED) is 0.627. The molecule has 0 N–H and O–H groups in total. The number of aromatic nitrogens is 1. The third-order valence-electron chi connectivity index (χ3n) is 1.64. The summed E-state index contributed by atoms with van der Waals surface area (Å²) < 4.78 is 0. The molecule has 0 aliphatic carbocycles. The minimum atomic E-state index is 0.990. The lowest BCUT2D eigenvalue weighted by molar-refractivity contribution is 1.33. The van der Waals surface area contributed by atoms with Crippen LogP contribution in [-0.4, -0.2) is 4.98 Å². The summed E-state index contributed by atoms with van der Waals surface area (Å²) in [6.07, 6.45) is 3.50. The van der Waals surface area contributed by atoms with Gasteiger partial charge in [-0.3, -0.25) is 4.98 Å². The molecule has 0 spiro atoms. The third kappa shape index (κ3) is 6.20. The van der Waals surface area contributed by atoms with Crippen LogP contribution >= 0.6 is 22.5 Å². The van der Waals surface area contributed by atoms with E-state index in [1.807, 2.05) is 36.4 Å². The first kappa shape index (κ1) is 12.1. The van der Waals surface area contributed by atoms with Crippen LogP contribution in [0.4, 0.5) is 0 Å². The number of thiol groups is 1. The molecule has 1 aromatic carbocycles. The monoisotopic (exact) mass is 235 g/mol. The fraction of sp³-hybridized carbons (Fsp3) is 0.0833. The van der Waals surface area contributed by atoms with Crippen LogP contribution in [0.5, 0.6) is 0 Å². The van der Waals surface area contributed by atoms with E-state index in [-0.39, 0.29) is 0 Å². The summed E-state index contributed by atoms with van der Waals surface area (Å²) in [5.41, 5.74) is 1.33. The Labute approximate surface area is 99.8 Å². The van der Waals surface area contributed by atoms with E-state index >= 15 is 0 Å². The van der Waals surface area contributed by atoms with Gasteiger partial charge < -0.3 is 0 Å². The molecule has 0 amide bonds. The summed E-state index contributed by atoms with van der Waals surface area (Å²) in [5, 5.41) is 0. The summed E-state index contributed by atoms with van der Waals surface area (Å²) in [6, 6.07) is 16.0. The average Bonchev–Trinajstić information content (AvgIpc) is 2.34. The number of hydrogen-bond donors (Lipinski definition) is 1. The second-order valence-corrected chi connectivity index (χ2v) is 4.11. The van der Waals surface area contributed by atoms with E-state index in [1.54, 1.807) is 23.2 Å². The van der Waals surface area contributed by atoms with Crippen LogP contribution in [0.1, 0.15) is 5.56 Å². The van der Waals surface area contributed by atoms with Gasteiger partial charge in [0, 0.05) is 18.1 Å². The molecular weight excluding hydrogens is 222 g/mol. The van der Waals surface area contributed by atoms with E-state index in [4.69, 9.17) is 0 Å². The zero-order chi connectivity index (χ0) is 10.8. The van der Waals surface area contributed by atoms with E-state index in [2.05, 4.69) is 28.8 Å². The van der Waals surface area contributed by atoms with Crippen molar-refractivity contribution in [3.05, 3.63) is 66.5 Å². The van der Waals surface area contributed by atoms with Crippen LogP contribution in [0.2, 0.25) is 0 Å². The molecule has 0 saturated carbocycles. The average molecular weight is 235 g/mol. The molecule has 0 radical (unpaired) electrons. The van der Waals surface area contributed by atoms with Gasteiger partial charge in [0.1, 0.15) is 0 Å². The maximum atomic E-state index is 4.05. The van der Waals surface area contributed by atoms with E-state index < -0.39 is 0 Å². The largest absolute Gasteiger partial charge is 0.265 e. The smallest absolute Gasteiger partial charge is 0.0286 e. The summed E-state index contributed by atoms with van der Waals surface area (Å²) in [7, 11) is 1.55. The molecule has 0 aliphatic heterocycles. The molecule has 1 aromatic heterocycles. The molecule has 2 rings (SSSR count). The molecule has 0 fully saturated rings. The standard InChI is InChI=1S/C7H8S2.C5H5N/c8-9-6-7-4-2-1-3-5-7;1-2-4-6-5-3-1/h1-5,8H,6H2;1-5H. The number of pyridine rings is 1. The Hall–Kier alpha value is -0.930. The molecule has 2 aromatic rings. The van der Waals surface area contributed by atoms with Crippen LogP contribution in [0, 0.1) is 0 Å². The molecule has 0 unspecified atom stereocenters. The van der Waals surface area contributed by atoms with Gasteiger partial charge in [0.2, 0.25) is 0 Å². The summed E-state index contributed by atoms with van der Waals surface area (Å²) >= 11 is 4.05. The predicted octanol–water partition coefficient (Wildman–Crippen LogP) is 3.85. The van der Waals surface area contributed by atoms with Gasteiger partial charge in [0.05, 0.1) is 0 Å². The summed E-state index contributed by atoms with van der Waals surface area (Å²) in [5.74, 6) is 0.990. The van der Waals surface area contributed by atoms with Crippen LogP contribution in [0.25, 0.3) is 0 Å². The Balaban J connectivity index is 0.000000162.